The first-order valence-corrected chi connectivity index (χ1v) is 6.69. The normalized spacial score (nSPS) is 12.5. The summed E-state index contributed by atoms with van der Waals surface area (Å²) in [6, 6.07) is 9.64. The average molecular weight is 264 g/mol. The van der Waals surface area contributed by atoms with Crippen LogP contribution in [0.2, 0.25) is 0 Å². The van der Waals surface area contributed by atoms with Gasteiger partial charge in [-0.1, -0.05) is 18.2 Å². The molecule has 1 rings (SSSR count). The second-order valence-electron chi connectivity index (χ2n) is 4.98. The standard InChI is InChI=1S/C15H24N2O2/c1-13(18)9-11-16(2)12-10-15(19)17(3)14-7-5-4-6-8-14/h4-8,13,18H,9-12H2,1-3H3. The molecule has 1 N–H and O–H groups in total. The first-order chi connectivity index (χ1) is 9.00. The van der Waals surface area contributed by atoms with Gasteiger partial charge in [-0.05, 0) is 32.5 Å². The molecule has 0 heterocycles. The maximum atomic E-state index is 12.0. The lowest BCUT2D eigenvalue weighted by molar-refractivity contribution is -0.118. The number of carbonyl (C=O) groups excluding carboxylic acids is 1. The van der Waals surface area contributed by atoms with E-state index in [0.717, 1.165) is 18.7 Å². The molecule has 0 saturated carbocycles. The molecule has 0 aliphatic carbocycles. The highest BCUT2D eigenvalue weighted by Gasteiger charge is 2.11. The number of aliphatic hydroxyl groups is 1. The van der Waals surface area contributed by atoms with Gasteiger partial charge in [0, 0.05) is 32.2 Å². The number of aliphatic hydroxyl groups excluding tert-OH is 1. The zero-order valence-electron chi connectivity index (χ0n) is 12.0. The van der Waals surface area contributed by atoms with Crippen LogP contribution in [0.5, 0.6) is 0 Å². The minimum Gasteiger partial charge on any atom is -0.393 e. The van der Waals surface area contributed by atoms with Crippen molar-refractivity contribution in [2.24, 2.45) is 0 Å². The van der Waals surface area contributed by atoms with Crippen molar-refractivity contribution in [3.63, 3.8) is 0 Å². The summed E-state index contributed by atoms with van der Waals surface area (Å²) in [7, 11) is 3.77. The summed E-state index contributed by atoms with van der Waals surface area (Å²) in [4.78, 5) is 15.8. The second kappa shape index (κ2) is 7.92. The molecule has 1 unspecified atom stereocenters. The van der Waals surface area contributed by atoms with Gasteiger partial charge < -0.3 is 14.9 Å². The van der Waals surface area contributed by atoms with Gasteiger partial charge in [-0.2, -0.15) is 0 Å². The Balaban J connectivity index is 2.35. The number of benzene rings is 1. The smallest absolute Gasteiger partial charge is 0.228 e. The number of nitrogens with zero attached hydrogens (tertiary/aromatic N) is 2. The number of hydrogen-bond acceptors (Lipinski definition) is 3. The van der Waals surface area contributed by atoms with Crippen molar-refractivity contribution in [3.8, 4) is 0 Å². The predicted octanol–water partition coefficient (Wildman–Crippen LogP) is 1.74. The summed E-state index contributed by atoms with van der Waals surface area (Å²) in [5, 5.41) is 9.21. The first kappa shape index (κ1) is 15.7. The third kappa shape index (κ3) is 5.85. The second-order valence-corrected chi connectivity index (χ2v) is 4.98. The van der Waals surface area contributed by atoms with E-state index in [1.807, 2.05) is 37.4 Å². The Labute approximate surface area is 115 Å². The molecule has 4 nitrogen and oxygen atoms in total. The van der Waals surface area contributed by atoms with Crippen molar-refractivity contribution in [1.82, 2.24) is 4.90 Å². The number of hydrogen-bond donors (Lipinski definition) is 1. The fraction of sp³-hybridized carbons (Fsp3) is 0.533. The van der Waals surface area contributed by atoms with Crippen LogP contribution in [0.3, 0.4) is 0 Å². The highest BCUT2D eigenvalue weighted by molar-refractivity contribution is 5.92. The van der Waals surface area contributed by atoms with E-state index in [-0.39, 0.29) is 12.0 Å². The van der Waals surface area contributed by atoms with Crippen LogP contribution in [0.4, 0.5) is 5.69 Å². The minimum atomic E-state index is -0.287. The van der Waals surface area contributed by atoms with Gasteiger partial charge in [-0.15, -0.1) is 0 Å². The highest BCUT2D eigenvalue weighted by Crippen LogP contribution is 2.12. The van der Waals surface area contributed by atoms with Crippen LogP contribution in [0, 0.1) is 0 Å². The molecule has 1 atom stereocenters. The first-order valence-electron chi connectivity index (χ1n) is 6.69. The fourth-order valence-electron chi connectivity index (χ4n) is 1.77. The molecule has 0 aliphatic rings. The molecule has 106 valence electrons. The zero-order chi connectivity index (χ0) is 14.3. The van der Waals surface area contributed by atoms with Gasteiger partial charge in [0.05, 0.1) is 6.10 Å². The van der Waals surface area contributed by atoms with Crippen LogP contribution in [0.25, 0.3) is 0 Å². The van der Waals surface area contributed by atoms with Crippen LogP contribution in [0.1, 0.15) is 19.8 Å². The molecule has 0 spiro atoms. The van der Waals surface area contributed by atoms with Gasteiger partial charge in [0.1, 0.15) is 0 Å². The molecule has 0 aliphatic heterocycles. The van der Waals surface area contributed by atoms with Crippen molar-refractivity contribution in [2.75, 3.05) is 32.1 Å². The number of carbonyl (C=O) groups is 1. The molecule has 1 aromatic carbocycles. The van der Waals surface area contributed by atoms with E-state index in [4.69, 9.17) is 0 Å². The molecule has 0 saturated heterocycles. The lowest BCUT2D eigenvalue weighted by Gasteiger charge is -2.20. The molecule has 19 heavy (non-hydrogen) atoms. The molecule has 0 bridgehead atoms. The van der Waals surface area contributed by atoms with E-state index in [2.05, 4.69) is 4.90 Å². The van der Waals surface area contributed by atoms with E-state index in [1.54, 1.807) is 18.9 Å². The van der Waals surface area contributed by atoms with Gasteiger partial charge in [0.15, 0.2) is 0 Å². The van der Waals surface area contributed by atoms with Crippen LogP contribution in [-0.4, -0.2) is 49.2 Å². The number of amides is 1. The zero-order valence-corrected chi connectivity index (χ0v) is 12.0. The van der Waals surface area contributed by atoms with Crippen molar-refractivity contribution in [2.45, 2.75) is 25.9 Å². The Morgan fingerprint density at radius 2 is 1.84 bits per heavy atom. The quantitative estimate of drug-likeness (QED) is 0.816. The fourth-order valence-corrected chi connectivity index (χ4v) is 1.77. The molecule has 1 aromatic rings. The highest BCUT2D eigenvalue weighted by atomic mass is 16.3. The van der Waals surface area contributed by atoms with Crippen molar-refractivity contribution in [1.29, 1.82) is 0 Å². The summed E-state index contributed by atoms with van der Waals surface area (Å²) in [5.74, 6) is 0.107. The predicted molar refractivity (Wildman–Crippen MR) is 78.3 cm³/mol. The van der Waals surface area contributed by atoms with Crippen molar-refractivity contribution in [3.05, 3.63) is 30.3 Å². The van der Waals surface area contributed by atoms with Gasteiger partial charge in [0.25, 0.3) is 0 Å². The largest absolute Gasteiger partial charge is 0.393 e. The minimum absolute atomic E-state index is 0.107. The number of para-hydroxylation sites is 1. The van der Waals surface area contributed by atoms with Crippen molar-refractivity contribution < 1.29 is 9.90 Å². The molecule has 1 amide bonds. The van der Waals surface area contributed by atoms with Crippen LogP contribution in [-0.2, 0) is 4.79 Å². The summed E-state index contributed by atoms with van der Waals surface area (Å²) < 4.78 is 0. The average Bonchev–Trinajstić information content (AvgIpc) is 2.42. The molecule has 4 heteroatoms. The maximum absolute atomic E-state index is 12.0. The Morgan fingerprint density at radius 3 is 2.42 bits per heavy atom. The molecule has 0 radical (unpaired) electrons. The van der Waals surface area contributed by atoms with Gasteiger partial charge in [-0.25, -0.2) is 0 Å². The van der Waals surface area contributed by atoms with Crippen LogP contribution in [0.15, 0.2) is 30.3 Å². The Hall–Kier alpha value is -1.39. The van der Waals surface area contributed by atoms with E-state index < -0.39 is 0 Å². The summed E-state index contributed by atoms with van der Waals surface area (Å²) in [6.07, 6.45) is 0.936. The van der Waals surface area contributed by atoms with Gasteiger partial charge in [-0.3, -0.25) is 4.79 Å². The SMILES string of the molecule is CC(O)CCN(C)CCC(=O)N(C)c1ccccc1. The van der Waals surface area contributed by atoms with Gasteiger partial charge >= 0.3 is 0 Å². The molecular formula is C15H24N2O2. The summed E-state index contributed by atoms with van der Waals surface area (Å²) in [5.41, 5.74) is 0.916. The summed E-state index contributed by atoms with van der Waals surface area (Å²) in [6.45, 7) is 3.30. The topological polar surface area (TPSA) is 43.8 Å². The molecule has 0 aromatic heterocycles. The Bertz CT molecular complexity index is 379. The van der Waals surface area contributed by atoms with E-state index in [9.17, 15) is 9.90 Å². The van der Waals surface area contributed by atoms with Crippen LogP contribution < -0.4 is 4.90 Å². The van der Waals surface area contributed by atoms with Gasteiger partial charge in [0.2, 0.25) is 5.91 Å². The lowest BCUT2D eigenvalue weighted by atomic mass is 10.2. The number of anilines is 1. The third-order valence-electron chi connectivity index (χ3n) is 3.15. The van der Waals surface area contributed by atoms with E-state index >= 15 is 0 Å². The molecular weight excluding hydrogens is 240 g/mol. The Morgan fingerprint density at radius 1 is 1.21 bits per heavy atom. The van der Waals surface area contributed by atoms with Crippen LogP contribution >= 0.6 is 0 Å². The summed E-state index contributed by atoms with van der Waals surface area (Å²) >= 11 is 0. The Kier molecular flexibility index (Phi) is 6.53. The van der Waals surface area contributed by atoms with E-state index in [0.29, 0.717) is 13.0 Å². The maximum Gasteiger partial charge on any atom is 0.228 e. The van der Waals surface area contributed by atoms with Crippen molar-refractivity contribution >= 4 is 11.6 Å². The van der Waals surface area contributed by atoms with E-state index in [1.165, 1.54) is 0 Å². The number of rotatable bonds is 7. The molecule has 0 fully saturated rings. The lowest BCUT2D eigenvalue weighted by Crippen LogP contribution is -2.31. The third-order valence-corrected chi connectivity index (χ3v) is 3.15. The monoisotopic (exact) mass is 264 g/mol.